The number of hydrogen-bond donors (Lipinski definition) is 1. The highest BCUT2D eigenvalue weighted by Gasteiger charge is 2.29. The number of amides is 2. The Morgan fingerprint density at radius 3 is 2.79 bits per heavy atom. The smallest absolute Gasteiger partial charge is 0.317 e. The zero-order chi connectivity index (χ0) is 10.1. The molecule has 1 heterocycles. The molecule has 1 aliphatic heterocycles. The zero-order valence-electron chi connectivity index (χ0n) is 7.83. The highest BCUT2D eigenvalue weighted by atomic mass is 79.9. The van der Waals surface area contributed by atoms with Gasteiger partial charge in [0.25, 0.3) is 0 Å². The van der Waals surface area contributed by atoms with E-state index < -0.39 is 0 Å². The van der Waals surface area contributed by atoms with Crippen molar-refractivity contribution in [2.75, 3.05) is 13.6 Å². The van der Waals surface area contributed by atoms with Crippen LogP contribution in [-0.2, 0) is 0 Å². The Hall–Kier alpha value is -1.03. The zero-order valence-corrected chi connectivity index (χ0v) is 9.41. The number of benzene rings is 1. The standard InChI is InChI=1S/C10H11BrN2O/c1-13-9(6-12-10(13)14)7-4-2-3-5-8(7)11/h2-5,9H,6H2,1H3,(H,12,14). The van der Waals surface area contributed by atoms with Crippen LogP contribution in [0.25, 0.3) is 0 Å². The molecule has 4 heteroatoms. The fourth-order valence-electron chi connectivity index (χ4n) is 1.65. The maximum atomic E-state index is 11.3. The van der Waals surface area contributed by atoms with Gasteiger partial charge in [-0.25, -0.2) is 4.79 Å². The van der Waals surface area contributed by atoms with Crippen molar-refractivity contribution in [3.05, 3.63) is 34.3 Å². The molecule has 2 rings (SSSR count). The van der Waals surface area contributed by atoms with Crippen molar-refractivity contribution < 1.29 is 4.79 Å². The van der Waals surface area contributed by atoms with E-state index in [2.05, 4.69) is 21.2 Å². The SMILES string of the molecule is CN1C(=O)NCC1c1ccccc1Br. The van der Waals surface area contributed by atoms with E-state index in [1.165, 1.54) is 0 Å². The first-order valence-electron chi connectivity index (χ1n) is 4.45. The highest BCUT2D eigenvalue weighted by molar-refractivity contribution is 9.10. The first-order chi connectivity index (χ1) is 6.70. The highest BCUT2D eigenvalue weighted by Crippen LogP contribution is 2.28. The molecule has 1 aromatic rings. The van der Waals surface area contributed by atoms with E-state index >= 15 is 0 Å². The third-order valence-corrected chi connectivity index (χ3v) is 3.22. The third-order valence-electron chi connectivity index (χ3n) is 2.50. The van der Waals surface area contributed by atoms with Gasteiger partial charge in [0.2, 0.25) is 0 Å². The monoisotopic (exact) mass is 254 g/mol. The molecule has 1 fully saturated rings. The van der Waals surface area contributed by atoms with E-state index in [1.807, 2.05) is 31.3 Å². The number of urea groups is 1. The van der Waals surface area contributed by atoms with Gasteiger partial charge in [-0.05, 0) is 11.6 Å². The molecule has 74 valence electrons. The van der Waals surface area contributed by atoms with Crippen LogP contribution in [0.3, 0.4) is 0 Å². The number of likely N-dealkylation sites (N-methyl/N-ethyl adjacent to an activating group) is 1. The van der Waals surface area contributed by atoms with Gasteiger partial charge < -0.3 is 10.2 Å². The van der Waals surface area contributed by atoms with Crippen molar-refractivity contribution in [3.63, 3.8) is 0 Å². The Morgan fingerprint density at radius 2 is 2.21 bits per heavy atom. The number of nitrogens with one attached hydrogen (secondary N) is 1. The number of rotatable bonds is 1. The summed E-state index contributed by atoms with van der Waals surface area (Å²) in [5, 5.41) is 2.81. The van der Waals surface area contributed by atoms with Crippen molar-refractivity contribution >= 4 is 22.0 Å². The molecule has 0 bridgehead atoms. The molecular weight excluding hydrogens is 244 g/mol. The molecule has 0 saturated carbocycles. The lowest BCUT2D eigenvalue weighted by molar-refractivity contribution is 0.216. The Kier molecular flexibility index (Phi) is 2.46. The van der Waals surface area contributed by atoms with Gasteiger partial charge in [-0.2, -0.15) is 0 Å². The van der Waals surface area contributed by atoms with E-state index in [-0.39, 0.29) is 12.1 Å². The second-order valence-corrected chi connectivity index (χ2v) is 4.19. The predicted molar refractivity (Wildman–Crippen MR) is 58.0 cm³/mol. The van der Waals surface area contributed by atoms with Crippen LogP contribution in [0, 0.1) is 0 Å². The second-order valence-electron chi connectivity index (χ2n) is 3.33. The van der Waals surface area contributed by atoms with E-state index in [1.54, 1.807) is 4.90 Å². The molecule has 1 unspecified atom stereocenters. The Balaban J connectivity index is 2.32. The fourth-order valence-corrected chi connectivity index (χ4v) is 2.20. The molecule has 3 nitrogen and oxygen atoms in total. The van der Waals surface area contributed by atoms with Crippen molar-refractivity contribution in [1.82, 2.24) is 10.2 Å². The lowest BCUT2D eigenvalue weighted by atomic mass is 10.1. The van der Waals surface area contributed by atoms with Gasteiger partial charge >= 0.3 is 6.03 Å². The fraction of sp³-hybridized carbons (Fsp3) is 0.300. The van der Waals surface area contributed by atoms with Gasteiger partial charge in [0.15, 0.2) is 0 Å². The molecule has 1 aromatic carbocycles. The molecule has 0 radical (unpaired) electrons. The molecule has 1 N–H and O–H groups in total. The summed E-state index contributed by atoms with van der Waals surface area (Å²) in [4.78, 5) is 13.0. The Morgan fingerprint density at radius 1 is 1.50 bits per heavy atom. The Labute approximate surface area is 91.2 Å². The first kappa shape index (κ1) is 9.52. The van der Waals surface area contributed by atoms with Gasteiger partial charge in [-0.3, -0.25) is 0 Å². The van der Waals surface area contributed by atoms with Crippen LogP contribution in [0.2, 0.25) is 0 Å². The van der Waals surface area contributed by atoms with Gasteiger partial charge in [0.1, 0.15) is 0 Å². The van der Waals surface area contributed by atoms with Crippen LogP contribution in [0.15, 0.2) is 28.7 Å². The maximum Gasteiger partial charge on any atom is 0.317 e. The number of carbonyl (C=O) groups excluding carboxylic acids is 1. The molecule has 1 atom stereocenters. The molecule has 2 amide bonds. The third kappa shape index (κ3) is 1.50. The summed E-state index contributed by atoms with van der Waals surface area (Å²) in [7, 11) is 1.81. The van der Waals surface area contributed by atoms with Crippen molar-refractivity contribution in [2.45, 2.75) is 6.04 Å². The molecular formula is C10H11BrN2O. The van der Waals surface area contributed by atoms with E-state index in [4.69, 9.17) is 0 Å². The normalized spacial score (nSPS) is 21.1. The van der Waals surface area contributed by atoms with E-state index in [0.29, 0.717) is 6.54 Å². The molecule has 14 heavy (non-hydrogen) atoms. The van der Waals surface area contributed by atoms with Crippen molar-refractivity contribution in [2.24, 2.45) is 0 Å². The minimum Gasteiger partial charge on any atom is -0.336 e. The molecule has 1 aliphatic rings. The molecule has 0 aliphatic carbocycles. The summed E-state index contributed by atoms with van der Waals surface area (Å²) in [5.41, 5.74) is 1.15. The minimum absolute atomic E-state index is 0.00856. The first-order valence-corrected chi connectivity index (χ1v) is 5.24. The lowest BCUT2D eigenvalue weighted by Crippen LogP contribution is -2.25. The topological polar surface area (TPSA) is 32.3 Å². The molecule has 0 spiro atoms. The van der Waals surface area contributed by atoms with Crippen LogP contribution in [-0.4, -0.2) is 24.5 Å². The Bertz CT molecular complexity index is 367. The average Bonchev–Trinajstić information content (AvgIpc) is 2.49. The van der Waals surface area contributed by atoms with E-state index in [0.717, 1.165) is 10.0 Å². The predicted octanol–water partition coefficient (Wildman–Crippen LogP) is 2.15. The maximum absolute atomic E-state index is 11.3. The number of hydrogen-bond acceptors (Lipinski definition) is 1. The van der Waals surface area contributed by atoms with Gasteiger partial charge in [0, 0.05) is 18.1 Å². The number of nitrogens with zero attached hydrogens (tertiary/aromatic N) is 1. The largest absolute Gasteiger partial charge is 0.336 e. The quantitative estimate of drug-likeness (QED) is 0.819. The second kappa shape index (κ2) is 3.61. The summed E-state index contributed by atoms with van der Waals surface area (Å²) < 4.78 is 1.05. The molecule has 0 aromatic heterocycles. The number of halogens is 1. The van der Waals surface area contributed by atoms with Gasteiger partial charge in [-0.15, -0.1) is 0 Å². The van der Waals surface area contributed by atoms with Crippen LogP contribution >= 0.6 is 15.9 Å². The van der Waals surface area contributed by atoms with Crippen LogP contribution < -0.4 is 5.32 Å². The summed E-state index contributed by atoms with van der Waals surface area (Å²) in [6, 6.07) is 8.11. The minimum atomic E-state index is -0.00856. The van der Waals surface area contributed by atoms with Crippen LogP contribution in [0.1, 0.15) is 11.6 Å². The summed E-state index contributed by atoms with van der Waals surface area (Å²) in [6.45, 7) is 0.679. The van der Waals surface area contributed by atoms with E-state index in [9.17, 15) is 4.79 Å². The average molecular weight is 255 g/mol. The van der Waals surface area contributed by atoms with Crippen LogP contribution in [0.4, 0.5) is 4.79 Å². The summed E-state index contributed by atoms with van der Waals surface area (Å²) >= 11 is 3.49. The summed E-state index contributed by atoms with van der Waals surface area (Å²) in [5.74, 6) is 0. The van der Waals surface area contributed by atoms with Crippen molar-refractivity contribution in [3.8, 4) is 0 Å². The van der Waals surface area contributed by atoms with Gasteiger partial charge in [0.05, 0.1) is 6.04 Å². The van der Waals surface area contributed by atoms with Crippen LogP contribution in [0.5, 0.6) is 0 Å². The van der Waals surface area contributed by atoms with Gasteiger partial charge in [-0.1, -0.05) is 34.1 Å². The lowest BCUT2D eigenvalue weighted by Gasteiger charge is -2.19. The number of carbonyl (C=O) groups is 1. The summed E-state index contributed by atoms with van der Waals surface area (Å²) in [6.07, 6.45) is 0. The van der Waals surface area contributed by atoms with Crippen molar-refractivity contribution in [1.29, 1.82) is 0 Å². The molecule has 1 saturated heterocycles.